The lowest BCUT2D eigenvalue weighted by molar-refractivity contribution is 0.251. The monoisotopic (exact) mass is 328 g/mol. The predicted molar refractivity (Wildman–Crippen MR) is 95.3 cm³/mol. The van der Waals surface area contributed by atoms with Crippen LogP contribution in [0.4, 0.5) is 10.5 Å². The highest BCUT2D eigenvalue weighted by molar-refractivity contribution is 6.30. The van der Waals surface area contributed by atoms with Gasteiger partial charge in [-0.05, 0) is 61.6 Å². The molecule has 0 aliphatic heterocycles. The second kappa shape index (κ2) is 6.25. The molecule has 3 rings (SSSR count). The van der Waals surface area contributed by atoms with E-state index in [1.165, 1.54) is 5.56 Å². The summed E-state index contributed by atoms with van der Waals surface area (Å²) in [4.78, 5) is 12.2. The quantitative estimate of drug-likeness (QED) is 0.830. The number of rotatable bonds is 4. The normalized spacial score (nSPS) is 15.1. The minimum atomic E-state index is -0.154. The Morgan fingerprint density at radius 1 is 1.13 bits per heavy atom. The average Bonchev–Trinajstić information content (AvgIpc) is 3.31. The fourth-order valence-electron chi connectivity index (χ4n) is 2.81. The van der Waals surface area contributed by atoms with Crippen molar-refractivity contribution in [2.24, 2.45) is 0 Å². The number of amides is 2. The molecule has 1 aliphatic rings. The van der Waals surface area contributed by atoms with E-state index in [4.69, 9.17) is 11.6 Å². The maximum atomic E-state index is 12.2. The third kappa shape index (κ3) is 3.67. The maximum absolute atomic E-state index is 12.2. The standard InChI is InChI=1S/C19H21ClN2O/c1-13-3-4-14(2)17(11-13)22-18(23)21-12-19(9-10-19)15-5-7-16(20)8-6-15/h3-8,11H,9-10,12H2,1-2H3,(H2,21,22,23). The molecule has 3 nitrogen and oxygen atoms in total. The second-order valence-electron chi connectivity index (χ2n) is 6.41. The highest BCUT2D eigenvalue weighted by Gasteiger charge is 2.44. The molecule has 1 aliphatic carbocycles. The molecule has 4 heteroatoms. The molecule has 0 unspecified atom stereocenters. The third-order valence-electron chi connectivity index (χ3n) is 4.54. The van der Waals surface area contributed by atoms with Crippen LogP contribution in [0.3, 0.4) is 0 Å². The molecule has 0 heterocycles. The Labute approximate surface area is 142 Å². The van der Waals surface area contributed by atoms with E-state index >= 15 is 0 Å². The lowest BCUT2D eigenvalue weighted by Gasteiger charge is -2.17. The first-order valence-corrected chi connectivity index (χ1v) is 8.24. The third-order valence-corrected chi connectivity index (χ3v) is 4.79. The summed E-state index contributed by atoms with van der Waals surface area (Å²) in [6.45, 7) is 4.65. The van der Waals surface area contributed by atoms with Gasteiger partial charge in [-0.25, -0.2) is 4.79 Å². The number of hydrogen-bond acceptors (Lipinski definition) is 1. The van der Waals surface area contributed by atoms with Gasteiger partial charge in [0, 0.05) is 22.7 Å². The zero-order valence-corrected chi connectivity index (χ0v) is 14.2. The Hall–Kier alpha value is -2.00. The zero-order valence-electron chi connectivity index (χ0n) is 13.4. The van der Waals surface area contributed by atoms with Crippen molar-refractivity contribution in [3.8, 4) is 0 Å². The van der Waals surface area contributed by atoms with Crippen molar-refractivity contribution in [2.75, 3.05) is 11.9 Å². The van der Waals surface area contributed by atoms with Crippen LogP contribution in [0.25, 0.3) is 0 Å². The molecular weight excluding hydrogens is 308 g/mol. The molecule has 120 valence electrons. The van der Waals surface area contributed by atoms with Crippen LogP contribution in [0.15, 0.2) is 42.5 Å². The largest absolute Gasteiger partial charge is 0.337 e. The molecule has 2 aromatic rings. The topological polar surface area (TPSA) is 41.1 Å². The predicted octanol–water partition coefficient (Wildman–Crippen LogP) is 4.81. The van der Waals surface area contributed by atoms with Gasteiger partial charge in [-0.1, -0.05) is 35.9 Å². The van der Waals surface area contributed by atoms with Crippen molar-refractivity contribution in [2.45, 2.75) is 32.1 Å². The van der Waals surface area contributed by atoms with Gasteiger partial charge in [-0.2, -0.15) is 0 Å². The number of carbonyl (C=O) groups is 1. The van der Waals surface area contributed by atoms with Gasteiger partial charge >= 0.3 is 6.03 Å². The molecule has 2 aromatic carbocycles. The Morgan fingerprint density at radius 3 is 2.48 bits per heavy atom. The Morgan fingerprint density at radius 2 is 1.83 bits per heavy atom. The van der Waals surface area contributed by atoms with Crippen molar-refractivity contribution in [1.29, 1.82) is 0 Å². The van der Waals surface area contributed by atoms with Crippen molar-refractivity contribution in [1.82, 2.24) is 5.32 Å². The number of hydrogen-bond donors (Lipinski definition) is 2. The lowest BCUT2D eigenvalue weighted by Crippen LogP contribution is -2.35. The van der Waals surface area contributed by atoms with E-state index in [-0.39, 0.29) is 11.4 Å². The van der Waals surface area contributed by atoms with Gasteiger partial charge < -0.3 is 10.6 Å². The maximum Gasteiger partial charge on any atom is 0.319 e. The van der Waals surface area contributed by atoms with Gasteiger partial charge in [0.05, 0.1) is 0 Å². The highest BCUT2D eigenvalue weighted by atomic mass is 35.5. The van der Waals surface area contributed by atoms with Gasteiger partial charge in [0.2, 0.25) is 0 Å². The number of nitrogens with one attached hydrogen (secondary N) is 2. The Kier molecular flexibility index (Phi) is 4.31. The van der Waals surface area contributed by atoms with Crippen LogP contribution >= 0.6 is 11.6 Å². The van der Waals surface area contributed by atoms with Crippen LogP contribution in [-0.4, -0.2) is 12.6 Å². The van der Waals surface area contributed by atoms with Crippen molar-refractivity contribution < 1.29 is 4.79 Å². The summed E-state index contributed by atoms with van der Waals surface area (Å²) in [6.07, 6.45) is 2.19. The highest BCUT2D eigenvalue weighted by Crippen LogP contribution is 2.47. The van der Waals surface area contributed by atoms with E-state index in [1.807, 2.05) is 44.2 Å². The Bertz CT molecular complexity index is 721. The molecule has 0 radical (unpaired) electrons. The lowest BCUT2D eigenvalue weighted by atomic mass is 9.96. The molecule has 1 fully saturated rings. The number of aryl methyl sites for hydroxylation is 2. The van der Waals surface area contributed by atoms with E-state index < -0.39 is 0 Å². The smallest absolute Gasteiger partial charge is 0.319 e. The summed E-state index contributed by atoms with van der Waals surface area (Å²) >= 11 is 5.95. The van der Waals surface area contributed by atoms with Crippen LogP contribution in [0.1, 0.15) is 29.5 Å². The van der Waals surface area contributed by atoms with Gasteiger partial charge in [-0.3, -0.25) is 0 Å². The van der Waals surface area contributed by atoms with Gasteiger partial charge in [0.25, 0.3) is 0 Å². The van der Waals surface area contributed by atoms with Crippen LogP contribution in [0.2, 0.25) is 5.02 Å². The average molecular weight is 329 g/mol. The van der Waals surface area contributed by atoms with E-state index in [9.17, 15) is 4.79 Å². The molecule has 0 bridgehead atoms. The number of urea groups is 1. The zero-order chi connectivity index (χ0) is 16.4. The molecule has 0 saturated heterocycles. The first kappa shape index (κ1) is 15.9. The summed E-state index contributed by atoms with van der Waals surface area (Å²) in [7, 11) is 0. The molecule has 2 amide bonds. The molecule has 0 aromatic heterocycles. The second-order valence-corrected chi connectivity index (χ2v) is 6.85. The molecule has 1 saturated carbocycles. The van der Waals surface area contributed by atoms with E-state index in [0.29, 0.717) is 6.54 Å². The number of anilines is 1. The summed E-state index contributed by atoms with van der Waals surface area (Å²) in [5.74, 6) is 0. The van der Waals surface area contributed by atoms with Crippen LogP contribution < -0.4 is 10.6 Å². The van der Waals surface area contributed by atoms with E-state index in [0.717, 1.165) is 34.7 Å². The fraction of sp³-hybridized carbons (Fsp3) is 0.316. The first-order chi connectivity index (χ1) is 11.0. The van der Waals surface area contributed by atoms with Crippen molar-refractivity contribution in [3.63, 3.8) is 0 Å². The molecule has 23 heavy (non-hydrogen) atoms. The SMILES string of the molecule is Cc1ccc(C)c(NC(=O)NCC2(c3ccc(Cl)cc3)CC2)c1. The molecule has 0 atom stereocenters. The van der Waals surface area contributed by atoms with Crippen molar-refractivity contribution in [3.05, 3.63) is 64.2 Å². The molecular formula is C19H21ClN2O. The van der Waals surface area contributed by atoms with Gasteiger partial charge in [-0.15, -0.1) is 0 Å². The summed E-state index contributed by atoms with van der Waals surface area (Å²) in [5.41, 5.74) is 4.37. The van der Waals surface area contributed by atoms with E-state index in [2.05, 4.69) is 22.8 Å². The summed E-state index contributed by atoms with van der Waals surface area (Å²) < 4.78 is 0. The fourth-order valence-corrected chi connectivity index (χ4v) is 2.93. The Balaban J connectivity index is 1.61. The van der Waals surface area contributed by atoms with E-state index in [1.54, 1.807) is 0 Å². The first-order valence-electron chi connectivity index (χ1n) is 7.87. The molecule has 2 N–H and O–H groups in total. The van der Waals surface area contributed by atoms with Crippen molar-refractivity contribution >= 4 is 23.3 Å². The molecule has 0 spiro atoms. The van der Waals surface area contributed by atoms with Crippen LogP contribution in [0.5, 0.6) is 0 Å². The number of carbonyl (C=O) groups excluding carboxylic acids is 1. The summed E-state index contributed by atoms with van der Waals surface area (Å²) in [5, 5.41) is 6.69. The van der Waals surface area contributed by atoms with Crippen LogP contribution in [-0.2, 0) is 5.41 Å². The van der Waals surface area contributed by atoms with Crippen LogP contribution in [0, 0.1) is 13.8 Å². The van der Waals surface area contributed by atoms with Gasteiger partial charge in [0.15, 0.2) is 0 Å². The summed E-state index contributed by atoms with van der Waals surface area (Å²) in [6, 6.07) is 13.8. The number of benzene rings is 2. The number of halogens is 1. The minimum Gasteiger partial charge on any atom is -0.337 e. The minimum absolute atomic E-state index is 0.0730. The van der Waals surface area contributed by atoms with Gasteiger partial charge in [0.1, 0.15) is 0 Å².